The van der Waals surface area contributed by atoms with Crippen LogP contribution < -0.4 is 14.4 Å². The van der Waals surface area contributed by atoms with Crippen LogP contribution in [0.4, 0.5) is 10.1 Å². The lowest BCUT2D eigenvalue weighted by molar-refractivity contribution is -0.119. The minimum atomic E-state index is -4.01. The number of amides is 1. The fourth-order valence-corrected chi connectivity index (χ4v) is 4.31. The van der Waals surface area contributed by atoms with Gasteiger partial charge in [-0.15, -0.1) is 0 Å². The Morgan fingerprint density at radius 3 is 2.16 bits per heavy atom. The second-order valence-electron chi connectivity index (χ2n) is 6.93. The van der Waals surface area contributed by atoms with Crippen molar-refractivity contribution >= 4 is 21.6 Å². The second kappa shape index (κ2) is 9.61. The second-order valence-corrected chi connectivity index (χ2v) is 8.79. The fourth-order valence-electron chi connectivity index (χ4n) is 2.89. The molecule has 0 fully saturated rings. The van der Waals surface area contributed by atoms with Crippen LogP contribution in [-0.4, -0.2) is 28.0 Å². The van der Waals surface area contributed by atoms with Gasteiger partial charge in [-0.3, -0.25) is 9.10 Å². The Morgan fingerprint density at radius 2 is 1.58 bits per heavy atom. The van der Waals surface area contributed by atoms with Crippen LogP contribution >= 0.6 is 0 Å². The minimum Gasteiger partial charge on any atom is -0.497 e. The maximum absolute atomic E-state index is 13.3. The Morgan fingerprint density at radius 1 is 0.968 bits per heavy atom. The zero-order valence-corrected chi connectivity index (χ0v) is 18.0. The van der Waals surface area contributed by atoms with Crippen molar-refractivity contribution in [2.45, 2.75) is 18.4 Å². The highest BCUT2D eigenvalue weighted by atomic mass is 32.2. The lowest BCUT2D eigenvalue weighted by Gasteiger charge is -2.24. The number of anilines is 1. The first-order valence-corrected chi connectivity index (χ1v) is 11.0. The Bertz CT molecular complexity index is 1130. The van der Waals surface area contributed by atoms with Crippen molar-refractivity contribution in [1.82, 2.24) is 5.32 Å². The van der Waals surface area contributed by atoms with Gasteiger partial charge in [0.2, 0.25) is 5.91 Å². The molecule has 3 aromatic carbocycles. The van der Waals surface area contributed by atoms with Crippen molar-refractivity contribution in [1.29, 1.82) is 0 Å². The predicted octanol–water partition coefficient (Wildman–Crippen LogP) is 3.65. The lowest BCUT2D eigenvalue weighted by atomic mass is 10.2. The van der Waals surface area contributed by atoms with Crippen LogP contribution in [0.2, 0.25) is 0 Å². The average molecular weight is 443 g/mol. The van der Waals surface area contributed by atoms with Crippen LogP contribution in [0.25, 0.3) is 0 Å². The summed E-state index contributed by atoms with van der Waals surface area (Å²) >= 11 is 0. The molecule has 1 N–H and O–H groups in total. The molecular formula is C23H23FN2O4S. The van der Waals surface area contributed by atoms with E-state index in [2.05, 4.69) is 5.32 Å². The molecule has 0 atom stereocenters. The van der Waals surface area contributed by atoms with Crippen LogP contribution in [0.15, 0.2) is 77.7 Å². The summed E-state index contributed by atoms with van der Waals surface area (Å²) in [5, 5.41) is 2.68. The molecule has 0 saturated heterocycles. The predicted molar refractivity (Wildman–Crippen MR) is 117 cm³/mol. The van der Waals surface area contributed by atoms with Gasteiger partial charge >= 0.3 is 0 Å². The smallest absolute Gasteiger partial charge is 0.264 e. The number of nitrogens with zero attached hydrogens (tertiary/aromatic N) is 1. The van der Waals surface area contributed by atoms with Crippen molar-refractivity contribution in [3.8, 4) is 5.75 Å². The average Bonchev–Trinajstić information content (AvgIpc) is 2.78. The number of benzene rings is 3. The fraction of sp³-hybridized carbons (Fsp3) is 0.174. The van der Waals surface area contributed by atoms with Gasteiger partial charge in [0.05, 0.1) is 17.7 Å². The van der Waals surface area contributed by atoms with Gasteiger partial charge in [0, 0.05) is 6.54 Å². The zero-order chi connectivity index (χ0) is 22.4. The maximum Gasteiger partial charge on any atom is 0.264 e. The zero-order valence-electron chi connectivity index (χ0n) is 17.2. The number of carbonyl (C=O) groups excluding carboxylic acids is 1. The van der Waals surface area contributed by atoms with Crippen LogP contribution in [0.1, 0.15) is 11.1 Å². The number of ether oxygens (including phenoxy) is 1. The number of nitrogens with one attached hydrogen (secondary N) is 1. The number of hydrogen-bond donors (Lipinski definition) is 1. The first-order chi connectivity index (χ1) is 14.8. The molecule has 8 heteroatoms. The Hall–Kier alpha value is -3.39. The largest absolute Gasteiger partial charge is 0.497 e. The van der Waals surface area contributed by atoms with Crippen molar-refractivity contribution in [2.24, 2.45) is 0 Å². The maximum atomic E-state index is 13.3. The topological polar surface area (TPSA) is 75.7 Å². The molecule has 6 nitrogen and oxygen atoms in total. The van der Waals surface area contributed by atoms with Gasteiger partial charge in [-0.25, -0.2) is 12.8 Å². The standard InChI is InChI=1S/C23H23FN2O4S/c1-17-3-9-20(10-4-17)26(31(28,29)22-13-11-21(30-2)12-14-22)16-23(27)25-15-18-5-7-19(24)8-6-18/h3-14H,15-16H2,1-2H3,(H,25,27). The van der Waals surface area contributed by atoms with Gasteiger partial charge < -0.3 is 10.1 Å². The first-order valence-electron chi connectivity index (χ1n) is 9.54. The highest BCUT2D eigenvalue weighted by Gasteiger charge is 2.27. The molecule has 162 valence electrons. The number of carbonyl (C=O) groups is 1. The SMILES string of the molecule is COc1ccc(S(=O)(=O)N(CC(=O)NCc2ccc(F)cc2)c2ccc(C)cc2)cc1. The summed E-state index contributed by atoms with van der Waals surface area (Å²) in [5.74, 6) is -0.328. The van der Waals surface area contributed by atoms with Crippen LogP contribution in [0, 0.1) is 12.7 Å². The van der Waals surface area contributed by atoms with Gasteiger partial charge in [0.15, 0.2) is 0 Å². The molecule has 3 rings (SSSR count). The van der Waals surface area contributed by atoms with Gasteiger partial charge in [-0.2, -0.15) is 0 Å². The van der Waals surface area contributed by atoms with Crippen LogP contribution in [-0.2, 0) is 21.4 Å². The molecule has 0 spiro atoms. The Kier molecular flexibility index (Phi) is 6.91. The van der Waals surface area contributed by atoms with E-state index in [-0.39, 0.29) is 17.3 Å². The van der Waals surface area contributed by atoms with Gasteiger partial charge in [0.25, 0.3) is 10.0 Å². The summed E-state index contributed by atoms with van der Waals surface area (Å²) in [4.78, 5) is 12.6. The molecule has 0 aromatic heterocycles. The molecule has 0 bridgehead atoms. The van der Waals surface area contributed by atoms with E-state index in [0.717, 1.165) is 9.87 Å². The van der Waals surface area contributed by atoms with E-state index in [1.54, 1.807) is 48.5 Å². The van der Waals surface area contributed by atoms with Crippen LogP contribution in [0.3, 0.4) is 0 Å². The molecule has 0 heterocycles. The number of aryl methyl sites for hydroxylation is 1. The van der Waals surface area contributed by atoms with E-state index in [9.17, 15) is 17.6 Å². The van der Waals surface area contributed by atoms with Crippen molar-refractivity contribution in [3.05, 3.63) is 89.7 Å². The number of halogens is 1. The van der Waals surface area contributed by atoms with Crippen LogP contribution in [0.5, 0.6) is 5.75 Å². The van der Waals surface area contributed by atoms with Gasteiger partial charge in [-0.05, 0) is 61.0 Å². The Labute approximate surface area is 181 Å². The number of sulfonamides is 1. The van der Waals surface area contributed by atoms with E-state index in [1.165, 1.54) is 31.4 Å². The summed E-state index contributed by atoms with van der Waals surface area (Å²) in [5.41, 5.74) is 2.04. The third-order valence-corrected chi connectivity index (χ3v) is 6.45. The molecule has 0 aliphatic rings. The molecule has 0 unspecified atom stereocenters. The summed E-state index contributed by atoms with van der Waals surface area (Å²) in [7, 11) is -2.51. The van der Waals surface area contributed by atoms with Gasteiger partial charge in [-0.1, -0.05) is 29.8 Å². The molecule has 1 amide bonds. The normalized spacial score (nSPS) is 11.1. The quantitative estimate of drug-likeness (QED) is 0.578. The highest BCUT2D eigenvalue weighted by Crippen LogP contribution is 2.25. The molecule has 0 saturated carbocycles. The minimum absolute atomic E-state index is 0.0419. The van der Waals surface area contributed by atoms with E-state index in [0.29, 0.717) is 17.0 Å². The summed E-state index contributed by atoms with van der Waals surface area (Å²) in [6.07, 6.45) is 0. The van der Waals surface area contributed by atoms with E-state index in [1.807, 2.05) is 6.92 Å². The molecule has 31 heavy (non-hydrogen) atoms. The molecule has 0 aliphatic heterocycles. The summed E-state index contributed by atoms with van der Waals surface area (Å²) in [6.45, 7) is 1.64. The lowest BCUT2D eigenvalue weighted by Crippen LogP contribution is -2.40. The summed E-state index contributed by atoms with van der Waals surface area (Å²) < 4.78 is 45.9. The third kappa shape index (κ3) is 5.61. The number of rotatable bonds is 8. The molecule has 0 radical (unpaired) electrons. The Balaban J connectivity index is 1.84. The number of hydrogen-bond acceptors (Lipinski definition) is 4. The number of methoxy groups -OCH3 is 1. The molecule has 3 aromatic rings. The summed E-state index contributed by atoms with van der Waals surface area (Å²) in [6, 6.07) is 18.6. The first kappa shape index (κ1) is 22.3. The third-order valence-electron chi connectivity index (χ3n) is 4.66. The van der Waals surface area contributed by atoms with Crippen molar-refractivity contribution in [3.63, 3.8) is 0 Å². The van der Waals surface area contributed by atoms with Crippen molar-refractivity contribution in [2.75, 3.05) is 18.0 Å². The highest BCUT2D eigenvalue weighted by molar-refractivity contribution is 7.92. The van der Waals surface area contributed by atoms with E-state index >= 15 is 0 Å². The molecule has 0 aliphatic carbocycles. The van der Waals surface area contributed by atoms with E-state index in [4.69, 9.17) is 4.74 Å². The van der Waals surface area contributed by atoms with E-state index < -0.39 is 22.5 Å². The van der Waals surface area contributed by atoms with Crippen molar-refractivity contribution < 1.29 is 22.3 Å². The van der Waals surface area contributed by atoms with Gasteiger partial charge in [0.1, 0.15) is 18.1 Å². The monoisotopic (exact) mass is 442 g/mol. The molecular weight excluding hydrogens is 419 g/mol.